The quantitative estimate of drug-likeness (QED) is 0.890. The van der Waals surface area contributed by atoms with Gasteiger partial charge in [-0.3, -0.25) is 0 Å². The first-order valence-corrected chi connectivity index (χ1v) is 6.95. The van der Waals surface area contributed by atoms with Crippen LogP contribution in [0.3, 0.4) is 0 Å². The lowest BCUT2D eigenvalue weighted by atomic mass is 9.99. The van der Waals surface area contributed by atoms with Gasteiger partial charge in [0.15, 0.2) is 0 Å². The molecule has 1 N–H and O–H groups in total. The number of benzene rings is 1. The van der Waals surface area contributed by atoms with Crippen LogP contribution in [-0.2, 0) is 0 Å². The smallest absolute Gasteiger partial charge is 0.0648 e. The minimum Gasteiger partial charge on any atom is -0.311 e. The van der Waals surface area contributed by atoms with Crippen molar-refractivity contribution in [2.75, 3.05) is 0 Å². The van der Waals surface area contributed by atoms with Crippen LogP contribution in [0.4, 0.5) is 0 Å². The molecule has 19 heavy (non-hydrogen) atoms. The van der Waals surface area contributed by atoms with E-state index in [-0.39, 0.29) is 0 Å². The third kappa shape index (κ3) is 3.24. The molecule has 0 bridgehead atoms. The highest BCUT2D eigenvalue weighted by Gasteiger charge is 2.19. The Morgan fingerprint density at radius 2 is 1.68 bits per heavy atom. The molecular formula is C16H23N3. The van der Waals surface area contributed by atoms with Crippen molar-refractivity contribution in [3.63, 3.8) is 0 Å². The summed E-state index contributed by atoms with van der Waals surface area (Å²) in [7, 11) is 0. The molecule has 102 valence electrons. The first kappa shape index (κ1) is 13.8. The zero-order chi connectivity index (χ0) is 13.8. The Morgan fingerprint density at radius 1 is 1.00 bits per heavy atom. The van der Waals surface area contributed by atoms with Crippen LogP contribution in [0.15, 0.2) is 42.6 Å². The van der Waals surface area contributed by atoms with Crippen LogP contribution in [0.25, 0.3) is 5.69 Å². The van der Waals surface area contributed by atoms with Crippen molar-refractivity contribution < 1.29 is 0 Å². The highest BCUT2D eigenvalue weighted by atomic mass is 15.3. The Labute approximate surface area is 115 Å². The fourth-order valence-corrected chi connectivity index (χ4v) is 2.37. The van der Waals surface area contributed by atoms with Gasteiger partial charge in [-0.05, 0) is 25.1 Å². The van der Waals surface area contributed by atoms with Crippen LogP contribution in [0.5, 0.6) is 0 Å². The average Bonchev–Trinajstić information content (AvgIpc) is 2.87. The predicted molar refractivity (Wildman–Crippen MR) is 79.7 cm³/mol. The van der Waals surface area contributed by atoms with Gasteiger partial charge < -0.3 is 5.32 Å². The van der Waals surface area contributed by atoms with Crippen molar-refractivity contribution in [1.82, 2.24) is 15.1 Å². The number of para-hydroxylation sites is 1. The Kier molecular flexibility index (Phi) is 4.38. The van der Waals surface area contributed by atoms with E-state index in [4.69, 9.17) is 0 Å². The predicted octanol–water partition coefficient (Wildman–Crippen LogP) is 3.36. The van der Waals surface area contributed by atoms with E-state index in [1.54, 1.807) is 0 Å². The number of nitrogens with zero attached hydrogens (tertiary/aromatic N) is 2. The highest BCUT2D eigenvalue weighted by molar-refractivity contribution is 5.33. The summed E-state index contributed by atoms with van der Waals surface area (Å²) in [6, 6.07) is 13.3. The van der Waals surface area contributed by atoms with Gasteiger partial charge in [-0.2, -0.15) is 5.10 Å². The largest absolute Gasteiger partial charge is 0.311 e. The zero-order valence-electron chi connectivity index (χ0n) is 12.2. The van der Waals surface area contributed by atoms with Crippen LogP contribution in [0, 0.1) is 0 Å². The number of aromatic nitrogens is 2. The van der Waals surface area contributed by atoms with E-state index < -0.39 is 0 Å². The normalized spacial score (nSPS) is 14.6. The van der Waals surface area contributed by atoms with E-state index in [0.29, 0.717) is 18.0 Å². The van der Waals surface area contributed by atoms with Gasteiger partial charge in [0, 0.05) is 29.9 Å². The number of nitrogens with one attached hydrogen (secondary N) is 1. The van der Waals surface area contributed by atoms with E-state index in [2.05, 4.69) is 56.3 Å². The van der Waals surface area contributed by atoms with Crippen LogP contribution in [0.2, 0.25) is 0 Å². The minimum atomic E-state index is 0.408. The molecule has 1 aromatic heterocycles. The second-order valence-electron chi connectivity index (χ2n) is 5.40. The summed E-state index contributed by atoms with van der Waals surface area (Å²) < 4.78 is 2.03. The lowest BCUT2D eigenvalue weighted by Gasteiger charge is -2.24. The van der Waals surface area contributed by atoms with Crippen LogP contribution in [0.1, 0.15) is 39.3 Å². The van der Waals surface area contributed by atoms with Crippen molar-refractivity contribution in [3.8, 4) is 5.69 Å². The molecule has 0 saturated carbocycles. The third-order valence-corrected chi connectivity index (χ3v) is 3.49. The van der Waals surface area contributed by atoms with Gasteiger partial charge in [0.05, 0.1) is 5.69 Å². The second kappa shape index (κ2) is 6.02. The summed E-state index contributed by atoms with van der Waals surface area (Å²) in [5.74, 6) is 0.408. The Morgan fingerprint density at radius 3 is 2.32 bits per heavy atom. The molecule has 0 aliphatic carbocycles. The molecule has 0 saturated heterocycles. The van der Waals surface area contributed by atoms with Gasteiger partial charge >= 0.3 is 0 Å². The molecule has 3 heteroatoms. The van der Waals surface area contributed by atoms with Crippen molar-refractivity contribution >= 4 is 0 Å². The summed E-state index contributed by atoms with van der Waals surface area (Å²) in [5.41, 5.74) is 2.36. The molecule has 1 heterocycles. The Hall–Kier alpha value is -1.61. The fourth-order valence-electron chi connectivity index (χ4n) is 2.37. The van der Waals surface area contributed by atoms with E-state index in [0.717, 1.165) is 5.69 Å². The Balaban J connectivity index is 2.24. The van der Waals surface area contributed by atoms with Gasteiger partial charge in [-0.25, -0.2) is 4.68 Å². The van der Waals surface area contributed by atoms with Crippen LogP contribution >= 0.6 is 0 Å². The summed E-state index contributed by atoms with van der Waals surface area (Å²) in [6.45, 7) is 8.83. The third-order valence-electron chi connectivity index (χ3n) is 3.49. The van der Waals surface area contributed by atoms with Crippen LogP contribution < -0.4 is 5.32 Å². The van der Waals surface area contributed by atoms with Crippen molar-refractivity contribution in [3.05, 3.63) is 48.3 Å². The summed E-state index contributed by atoms with van der Waals surface area (Å²) in [5, 5.41) is 8.03. The minimum absolute atomic E-state index is 0.408. The first-order chi connectivity index (χ1) is 9.09. The van der Waals surface area contributed by atoms with E-state index >= 15 is 0 Å². The lowest BCUT2D eigenvalue weighted by Crippen LogP contribution is -2.36. The Bertz CT molecular complexity index is 502. The maximum atomic E-state index is 4.46. The highest BCUT2D eigenvalue weighted by Crippen LogP contribution is 2.22. The number of rotatable bonds is 5. The second-order valence-corrected chi connectivity index (χ2v) is 5.40. The SMILES string of the molecule is CC(C)NC(C)C(C)c1ccnn1-c1ccccc1. The van der Waals surface area contributed by atoms with Crippen molar-refractivity contribution in [2.24, 2.45) is 0 Å². The molecule has 0 amide bonds. The average molecular weight is 257 g/mol. The molecule has 0 aliphatic rings. The van der Waals surface area contributed by atoms with E-state index in [1.165, 1.54) is 5.69 Å². The molecule has 1 aromatic carbocycles. The molecule has 2 atom stereocenters. The molecule has 2 aromatic rings. The maximum absolute atomic E-state index is 4.46. The van der Waals surface area contributed by atoms with Gasteiger partial charge in [-0.15, -0.1) is 0 Å². The molecular weight excluding hydrogens is 234 g/mol. The van der Waals surface area contributed by atoms with Gasteiger partial charge in [-0.1, -0.05) is 39.0 Å². The number of hydrogen-bond acceptors (Lipinski definition) is 2. The summed E-state index contributed by atoms with van der Waals surface area (Å²) in [6.07, 6.45) is 1.88. The van der Waals surface area contributed by atoms with Gasteiger partial charge in [0.25, 0.3) is 0 Å². The number of hydrogen-bond donors (Lipinski definition) is 1. The molecule has 0 radical (unpaired) electrons. The van der Waals surface area contributed by atoms with E-state index in [1.807, 2.05) is 29.1 Å². The topological polar surface area (TPSA) is 29.9 Å². The van der Waals surface area contributed by atoms with Gasteiger partial charge in [0.1, 0.15) is 0 Å². The molecule has 0 fully saturated rings. The lowest BCUT2D eigenvalue weighted by molar-refractivity contribution is 0.430. The van der Waals surface area contributed by atoms with Crippen LogP contribution in [-0.4, -0.2) is 21.9 Å². The first-order valence-electron chi connectivity index (χ1n) is 6.95. The molecule has 0 aliphatic heterocycles. The molecule has 2 rings (SSSR count). The van der Waals surface area contributed by atoms with Crippen molar-refractivity contribution in [2.45, 2.75) is 45.7 Å². The standard InChI is InChI=1S/C16H23N3/c1-12(2)18-14(4)13(3)16-10-11-17-19(16)15-8-6-5-7-9-15/h5-14,18H,1-4H3. The fraction of sp³-hybridized carbons (Fsp3) is 0.438. The summed E-state index contributed by atoms with van der Waals surface area (Å²) >= 11 is 0. The maximum Gasteiger partial charge on any atom is 0.0648 e. The molecule has 3 nitrogen and oxygen atoms in total. The van der Waals surface area contributed by atoms with Gasteiger partial charge in [0.2, 0.25) is 0 Å². The zero-order valence-corrected chi connectivity index (χ0v) is 12.2. The monoisotopic (exact) mass is 257 g/mol. The van der Waals surface area contributed by atoms with E-state index in [9.17, 15) is 0 Å². The molecule has 2 unspecified atom stereocenters. The van der Waals surface area contributed by atoms with Crippen molar-refractivity contribution in [1.29, 1.82) is 0 Å². The molecule has 0 spiro atoms. The summed E-state index contributed by atoms with van der Waals surface area (Å²) in [4.78, 5) is 0.